The van der Waals surface area contributed by atoms with Crippen molar-refractivity contribution >= 4 is 27.3 Å². The van der Waals surface area contributed by atoms with Gasteiger partial charge in [0.05, 0.1) is 19.8 Å². The van der Waals surface area contributed by atoms with Crippen molar-refractivity contribution in [1.82, 2.24) is 4.72 Å². The largest absolute Gasteiger partial charge is 0.477 e. The van der Waals surface area contributed by atoms with E-state index in [2.05, 4.69) is 4.72 Å². The highest BCUT2D eigenvalue weighted by molar-refractivity contribution is 7.89. The maximum atomic E-state index is 11.8. The van der Waals surface area contributed by atoms with Crippen molar-refractivity contribution in [2.75, 3.05) is 26.4 Å². The summed E-state index contributed by atoms with van der Waals surface area (Å²) in [6.45, 7) is 0.102. The lowest BCUT2D eigenvalue weighted by Gasteiger charge is -2.06. The van der Waals surface area contributed by atoms with Gasteiger partial charge in [-0.1, -0.05) is 0 Å². The maximum Gasteiger partial charge on any atom is 0.347 e. The molecule has 0 amide bonds. The van der Waals surface area contributed by atoms with Crippen LogP contribution in [0.1, 0.15) is 9.67 Å². The van der Waals surface area contributed by atoms with Crippen LogP contribution in [0.4, 0.5) is 0 Å². The van der Waals surface area contributed by atoms with E-state index in [9.17, 15) is 13.2 Å². The van der Waals surface area contributed by atoms with Gasteiger partial charge in [-0.25, -0.2) is 17.9 Å². The van der Waals surface area contributed by atoms with Crippen molar-refractivity contribution < 1.29 is 28.2 Å². The van der Waals surface area contributed by atoms with E-state index in [4.69, 9.17) is 14.9 Å². The van der Waals surface area contributed by atoms with Gasteiger partial charge in [0.2, 0.25) is 10.0 Å². The van der Waals surface area contributed by atoms with Crippen LogP contribution in [0.15, 0.2) is 16.3 Å². The first kappa shape index (κ1) is 15.1. The molecule has 9 heteroatoms. The van der Waals surface area contributed by atoms with Crippen LogP contribution in [0, 0.1) is 0 Å². The Balaban J connectivity index is 2.63. The molecule has 0 aromatic carbocycles. The number of carbonyl (C=O) groups is 1. The predicted molar refractivity (Wildman–Crippen MR) is 64.4 cm³/mol. The number of aliphatic hydroxyl groups excluding tert-OH is 1. The van der Waals surface area contributed by atoms with Crippen molar-refractivity contribution in [3.8, 4) is 0 Å². The van der Waals surface area contributed by atoms with Gasteiger partial charge in [-0.2, -0.15) is 0 Å². The average Bonchev–Trinajstić information content (AvgIpc) is 2.78. The fourth-order valence-electron chi connectivity index (χ4n) is 1.16. The summed E-state index contributed by atoms with van der Waals surface area (Å²) in [5.74, 6) is -1.28. The van der Waals surface area contributed by atoms with Crippen LogP contribution >= 0.6 is 11.3 Å². The summed E-state index contributed by atoms with van der Waals surface area (Å²) in [5.41, 5.74) is 0. The van der Waals surface area contributed by atoms with Gasteiger partial charge >= 0.3 is 5.97 Å². The number of carboxylic acids is 1. The van der Waals surface area contributed by atoms with Crippen LogP contribution < -0.4 is 4.72 Å². The van der Waals surface area contributed by atoms with Crippen LogP contribution in [-0.4, -0.2) is 51.0 Å². The zero-order valence-electron chi connectivity index (χ0n) is 9.33. The predicted octanol–water partition coefficient (Wildman–Crippen LogP) is -0.266. The van der Waals surface area contributed by atoms with Crippen molar-refractivity contribution in [3.05, 3.63) is 16.3 Å². The van der Waals surface area contributed by atoms with Gasteiger partial charge in [-0.15, -0.1) is 11.3 Å². The van der Waals surface area contributed by atoms with E-state index in [1.54, 1.807) is 0 Å². The molecule has 0 saturated carbocycles. The number of rotatable bonds is 8. The van der Waals surface area contributed by atoms with Crippen molar-refractivity contribution in [2.45, 2.75) is 4.90 Å². The summed E-state index contributed by atoms with van der Waals surface area (Å²) >= 11 is 0.849. The highest BCUT2D eigenvalue weighted by Crippen LogP contribution is 2.21. The zero-order chi connectivity index (χ0) is 13.6. The Kier molecular flexibility index (Phi) is 5.69. The molecule has 0 saturated heterocycles. The summed E-state index contributed by atoms with van der Waals surface area (Å²) in [6, 6.07) is 1.24. The third-order valence-corrected chi connectivity index (χ3v) is 4.42. The number of nitrogens with one attached hydrogen (secondary N) is 1. The van der Waals surface area contributed by atoms with E-state index < -0.39 is 16.0 Å². The Bertz CT molecular complexity index is 495. The first-order valence-electron chi connectivity index (χ1n) is 4.98. The monoisotopic (exact) mass is 295 g/mol. The molecule has 0 bridgehead atoms. The van der Waals surface area contributed by atoms with Gasteiger partial charge < -0.3 is 14.9 Å². The molecule has 1 aromatic heterocycles. The number of thiophene rings is 1. The lowest BCUT2D eigenvalue weighted by atomic mass is 10.5. The van der Waals surface area contributed by atoms with Gasteiger partial charge in [0.1, 0.15) is 9.77 Å². The van der Waals surface area contributed by atoms with Crippen LogP contribution in [0.25, 0.3) is 0 Å². The molecule has 0 radical (unpaired) electrons. The molecule has 0 aliphatic rings. The Morgan fingerprint density at radius 3 is 2.78 bits per heavy atom. The molecule has 7 nitrogen and oxygen atoms in total. The lowest BCUT2D eigenvalue weighted by Crippen LogP contribution is -2.28. The van der Waals surface area contributed by atoms with E-state index in [1.165, 1.54) is 11.4 Å². The number of aromatic carboxylic acids is 1. The Morgan fingerprint density at radius 1 is 1.44 bits per heavy atom. The topological polar surface area (TPSA) is 113 Å². The highest BCUT2D eigenvalue weighted by atomic mass is 32.2. The van der Waals surface area contributed by atoms with Gasteiger partial charge in [-0.3, -0.25) is 0 Å². The SMILES string of the molecule is O=C(O)c1sccc1S(=O)(=O)NCCOCCO. The first-order valence-corrected chi connectivity index (χ1v) is 7.34. The number of hydrogen-bond acceptors (Lipinski definition) is 6. The summed E-state index contributed by atoms with van der Waals surface area (Å²) < 4.78 is 30.7. The lowest BCUT2D eigenvalue weighted by molar-refractivity contribution is 0.0698. The van der Waals surface area contributed by atoms with Gasteiger partial charge in [0, 0.05) is 6.54 Å². The second kappa shape index (κ2) is 6.81. The van der Waals surface area contributed by atoms with Crippen LogP contribution in [0.3, 0.4) is 0 Å². The average molecular weight is 295 g/mol. The normalized spacial score (nSPS) is 11.6. The van der Waals surface area contributed by atoms with Gasteiger partial charge in [-0.05, 0) is 11.4 Å². The fraction of sp³-hybridized carbons (Fsp3) is 0.444. The number of carboxylic acid groups (broad SMARTS) is 1. The molecule has 18 heavy (non-hydrogen) atoms. The summed E-state index contributed by atoms with van der Waals surface area (Å²) in [7, 11) is -3.84. The number of sulfonamides is 1. The Labute approximate surface area is 108 Å². The van der Waals surface area contributed by atoms with Crippen molar-refractivity contribution in [1.29, 1.82) is 0 Å². The molecular formula is C9H13NO6S2. The number of aliphatic hydroxyl groups is 1. The molecule has 0 aliphatic carbocycles. The highest BCUT2D eigenvalue weighted by Gasteiger charge is 2.23. The molecule has 0 atom stereocenters. The molecule has 0 spiro atoms. The van der Waals surface area contributed by atoms with Crippen molar-refractivity contribution in [2.24, 2.45) is 0 Å². The Morgan fingerprint density at radius 2 is 2.17 bits per heavy atom. The maximum absolute atomic E-state index is 11.8. The standard InChI is InChI=1S/C9H13NO6S2/c11-3-5-16-4-2-10-18(14,15)7-1-6-17-8(7)9(12)13/h1,6,10-11H,2-5H2,(H,12,13). The smallest absolute Gasteiger partial charge is 0.347 e. The minimum Gasteiger partial charge on any atom is -0.477 e. The summed E-state index contributed by atoms with van der Waals surface area (Å²) in [6.07, 6.45) is 0. The first-order chi connectivity index (χ1) is 8.49. The molecule has 102 valence electrons. The minimum atomic E-state index is -3.84. The van der Waals surface area contributed by atoms with E-state index in [-0.39, 0.29) is 36.1 Å². The second-order valence-corrected chi connectivity index (χ2v) is 5.80. The molecule has 1 aromatic rings. The van der Waals surface area contributed by atoms with Crippen LogP contribution in [0.5, 0.6) is 0 Å². The number of hydrogen-bond donors (Lipinski definition) is 3. The second-order valence-electron chi connectivity index (χ2n) is 3.15. The molecule has 0 fully saturated rings. The molecule has 1 rings (SSSR count). The quantitative estimate of drug-likeness (QED) is 0.569. The van der Waals surface area contributed by atoms with Crippen LogP contribution in [0.2, 0.25) is 0 Å². The Hall–Kier alpha value is -1.00. The molecule has 3 N–H and O–H groups in total. The fourth-order valence-corrected chi connectivity index (χ4v) is 3.43. The molecule has 1 heterocycles. The van der Waals surface area contributed by atoms with E-state index >= 15 is 0 Å². The minimum absolute atomic E-state index is 0.0111. The molecular weight excluding hydrogens is 282 g/mol. The molecule has 0 unspecified atom stereocenters. The zero-order valence-corrected chi connectivity index (χ0v) is 11.0. The van der Waals surface area contributed by atoms with Gasteiger partial charge in [0.25, 0.3) is 0 Å². The van der Waals surface area contributed by atoms with Gasteiger partial charge in [0.15, 0.2) is 0 Å². The molecule has 0 aliphatic heterocycles. The summed E-state index contributed by atoms with van der Waals surface area (Å²) in [4.78, 5) is 10.3. The van der Waals surface area contributed by atoms with Crippen molar-refractivity contribution in [3.63, 3.8) is 0 Å². The third-order valence-electron chi connectivity index (χ3n) is 1.89. The third kappa shape index (κ3) is 4.03. The van der Waals surface area contributed by atoms with Crippen LogP contribution in [-0.2, 0) is 14.8 Å². The number of ether oxygens (including phenoxy) is 1. The summed E-state index contributed by atoms with van der Waals surface area (Å²) in [5, 5.41) is 18.7. The van der Waals surface area contributed by atoms with E-state index in [0.29, 0.717) is 0 Å². The van der Waals surface area contributed by atoms with E-state index in [0.717, 1.165) is 11.3 Å². The van der Waals surface area contributed by atoms with E-state index in [1.807, 2.05) is 0 Å².